The number of H-pyrrole nitrogens is 1. The fourth-order valence-corrected chi connectivity index (χ4v) is 4.55. The number of urea groups is 1. The molecule has 7 nitrogen and oxygen atoms in total. The molecule has 2 heterocycles. The minimum Gasteiger partial charge on any atom is -0.444 e. The van der Waals surface area contributed by atoms with E-state index in [9.17, 15) is 14.0 Å². The number of para-hydroxylation sites is 1. The molecule has 1 aliphatic rings. The van der Waals surface area contributed by atoms with E-state index in [2.05, 4.69) is 16.4 Å². The monoisotopic (exact) mass is 480 g/mol. The van der Waals surface area contributed by atoms with Crippen molar-refractivity contribution in [3.8, 4) is 0 Å². The molecule has 0 radical (unpaired) electrons. The molecule has 2 N–H and O–H groups in total. The van der Waals surface area contributed by atoms with Gasteiger partial charge in [0.1, 0.15) is 11.4 Å². The van der Waals surface area contributed by atoms with Gasteiger partial charge in [-0.3, -0.25) is 0 Å². The number of nitrogens with zero attached hydrogens (tertiary/aromatic N) is 2. The van der Waals surface area contributed by atoms with E-state index in [-0.39, 0.29) is 23.9 Å². The summed E-state index contributed by atoms with van der Waals surface area (Å²) in [7, 11) is 0. The summed E-state index contributed by atoms with van der Waals surface area (Å²) in [5, 5.41) is 4.16. The maximum Gasteiger partial charge on any atom is 0.410 e. The lowest BCUT2D eigenvalue weighted by atomic mass is 9.89. The van der Waals surface area contributed by atoms with E-state index in [1.807, 2.05) is 45.9 Å². The summed E-state index contributed by atoms with van der Waals surface area (Å²) >= 11 is 0. The van der Waals surface area contributed by atoms with E-state index in [0.717, 1.165) is 27.7 Å². The van der Waals surface area contributed by atoms with Gasteiger partial charge < -0.3 is 24.8 Å². The molecule has 0 spiro atoms. The zero-order valence-corrected chi connectivity index (χ0v) is 20.7. The molecule has 35 heavy (non-hydrogen) atoms. The summed E-state index contributed by atoms with van der Waals surface area (Å²) in [5.41, 5.74) is 3.50. The zero-order valence-electron chi connectivity index (χ0n) is 20.7. The Morgan fingerprint density at radius 2 is 1.66 bits per heavy atom. The Kier molecular flexibility index (Phi) is 7.00. The van der Waals surface area contributed by atoms with Crippen LogP contribution >= 0.6 is 0 Å². The van der Waals surface area contributed by atoms with Gasteiger partial charge in [-0.2, -0.15) is 0 Å². The number of hydrogen-bond acceptors (Lipinski definition) is 3. The van der Waals surface area contributed by atoms with Crippen LogP contribution in [0.4, 0.5) is 14.0 Å². The Morgan fingerprint density at radius 3 is 2.31 bits per heavy atom. The van der Waals surface area contributed by atoms with Crippen LogP contribution in [0.1, 0.15) is 43.5 Å². The summed E-state index contributed by atoms with van der Waals surface area (Å²) < 4.78 is 19.1. The highest BCUT2D eigenvalue weighted by molar-refractivity contribution is 5.86. The number of aromatic nitrogens is 1. The molecule has 0 saturated carbocycles. The Bertz CT molecular complexity index is 1190. The van der Waals surface area contributed by atoms with Crippen LogP contribution in [0.25, 0.3) is 10.9 Å². The topological polar surface area (TPSA) is 77.7 Å². The van der Waals surface area contributed by atoms with Crippen molar-refractivity contribution < 1.29 is 18.7 Å². The Balaban J connectivity index is 1.46. The number of nitrogens with one attached hydrogen (secondary N) is 2. The average Bonchev–Trinajstić information content (AvgIpc) is 3.15. The van der Waals surface area contributed by atoms with Crippen molar-refractivity contribution in [1.29, 1.82) is 0 Å². The van der Waals surface area contributed by atoms with Gasteiger partial charge in [-0.25, -0.2) is 14.0 Å². The van der Waals surface area contributed by atoms with E-state index < -0.39 is 5.60 Å². The van der Waals surface area contributed by atoms with Crippen LogP contribution in [0.3, 0.4) is 0 Å². The molecule has 4 rings (SSSR count). The van der Waals surface area contributed by atoms with E-state index in [4.69, 9.17) is 4.74 Å². The summed E-state index contributed by atoms with van der Waals surface area (Å²) in [5.74, 6) is -0.450. The van der Waals surface area contributed by atoms with Gasteiger partial charge in [0, 0.05) is 55.2 Å². The number of amides is 3. The highest BCUT2D eigenvalue weighted by Gasteiger charge is 2.28. The molecule has 0 unspecified atom stereocenters. The van der Waals surface area contributed by atoms with Crippen LogP contribution in [0.5, 0.6) is 0 Å². The molecule has 1 aliphatic heterocycles. The smallest absolute Gasteiger partial charge is 0.410 e. The van der Waals surface area contributed by atoms with Crippen molar-refractivity contribution in [3.63, 3.8) is 0 Å². The fraction of sp³-hybridized carbons (Fsp3) is 0.407. The summed E-state index contributed by atoms with van der Waals surface area (Å²) in [4.78, 5) is 32.1. The number of rotatable bonds is 4. The van der Waals surface area contributed by atoms with Gasteiger partial charge in [0.25, 0.3) is 0 Å². The Labute approximate surface area is 205 Å². The molecule has 0 aliphatic carbocycles. The fourth-order valence-electron chi connectivity index (χ4n) is 4.55. The molecule has 8 heteroatoms. The van der Waals surface area contributed by atoms with Crippen molar-refractivity contribution in [2.75, 3.05) is 32.7 Å². The molecule has 1 atom stereocenters. The van der Waals surface area contributed by atoms with Crippen LogP contribution in [0.2, 0.25) is 0 Å². The molecule has 186 valence electrons. The number of benzene rings is 2. The standard InChI is InChI=1S/C27H33FN4O3/c1-18-24(21-7-5-6-8-23(21)30-18)22(19-9-11-20(28)12-10-19)17-29-25(33)31-13-15-32(16-14-31)26(34)35-27(2,3)4/h5-12,22,30H,13-17H2,1-4H3,(H,29,33)/t22-/m1/s1. The van der Waals surface area contributed by atoms with Gasteiger partial charge in [-0.1, -0.05) is 30.3 Å². The van der Waals surface area contributed by atoms with Crippen molar-refractivity contribution >= 4 is 23.0 Å². The first-order valence-corrected chi connectivity index (χ1v) is 12.0. The number of halogens is 1. The van der Waals surface area contributed by atoms with Gasteiger partial charge >= 0.3 is 12.1 Å². The second-order valence-corrected chi connectivity index (χ2v) is 9.95. The Morgan fingerprint density at radius 1 is 1.03 bits per heavy atom. The van der Waals surface area contributed by atoms with Gasteiger partial charge in [0.05, 0.1) is 0 Å². The van der Waals surface area contributed by atoms with Gasteiger partial charge in [0.2, 0.25) is 0 Å². The molecule has 0 bridgehead atoms. The van der Waals surface area contributed by atoms with E-state index in [1.165, 1.54) is 12.1 Å². The molecular weight excluding hydrogens is 447 g/mol. The number of ether oxygens (including phenoxy) is 1. The van der Waals surface area contributed by atoms with Crippen LogP contribution in [0.15, 0.2) is 48.5 Å². The van der Waals surface area contributed by atoms with E-state index >= 15 is 0 Å². The van der Waals surface area contributed by atoms with Crippen LogP contribution < -0.4 is 5.32 Å². The maximum absolute atomic E-state index is 13.6. The number of aromatic amines is 1. The lowest BCUT2D eigenvalue weighted by molar-refractivity contribution is 0.0170. The van der Waals surface area contributed by atoms with Crippen molar-refractivity contribution in [2.45, 2.75) is 39.2 Å². The summed E-state index contributed by atoms with van der Waals surface area (Å²) in [6, 6.07) is 14.3. The third kappa shape index (κ3) is 5.75. The first-order chi connectivity index (χ1) is 16.6. The average molecular weight is 481 g/mol. The molecule has 3 amide bonds. The number of hydrogen-bond donors (Lipinski definition) is 2. The van der Waals surface area contributed by atoms with Crippen molar-refractivity contribution in [1.82, 2.24) is 20.1 Å². The molecule has 1 aromatic heterocycles. The normalized spacial score (nSPS) is 15.2. The molecule has 1 saturated heterocycles. The second-order valence-electron chi connectivity index (χ2n) is 9.95. The number of piperazine rings is 1. The van der Waals surface area contributed by atoms with Gasteiger partial charge in [-0.15, -0.1) is 0 Å². The van der Waals surface area contributed by atoms with Crippen LogP contribution in [0, 0.1) is 12.7 Å². The van der Waals surface area contributed by atoms with Gasteiger partial charge in [0.15, 0.2) is 0 Å². The molecule has 1 fully saturated rings. The minimum atomic E-state index is -0.554. The van der Waals surface area contributed by atoms with Crippen LogP contribution in [-0.4, -0.2) is 65.2 Å². The highest BCUT2D eigenvalue weighted by atomic mass is 19.1. The largest absolute Gasteiger partial charge is 0.444 e. The maximum atomic E-state index is 13.6. The quantitative estimate of drug-likeness (QED) is 0.551. The lowest BCUT2D eigenvalue weighted by Gasteiger charge is -2.35. The first kappa shape index (κ1) is 24.6. The highest BCUT2D eigenvalue weighted by Crippen LogP contribution is 2.33. The SMILES string of the molecule is Cc1[nH]c2ccccc2c1[C@H](CNC(=O)N1CCN(C(=O)OC(C)(C)C)CC1)c1ccc(F)cc1. The first-order valence-electron chi connectivity index (χ1n) is 12.0. The Hall–Kier alpha value is -3.55. The lowest BCUT2D eigenvalue weighted by Crippen LogP contribution is -2.54. The van der Waals surface area contributed by atoms with E-state index in [1.54, 1.807) is 21.9 Å². The number of aryl methyl sites for hydroxylation is 1. The second kappa shape index (κ2) is 9.98. The molecular formula is C27H33FN4O3. The number of carbonyl (C=O) groups excluding carboxylic acids is 2. The third-order valence-electron chi connectivity index (χ3n) is 6.24. The summed E-state index contributed by atoms with van der Waals surface area (Å²) in [6.07, 6.45) is -0.358. The van der Waals surface area contributed by atoms with E-state index in [0.29, 0.717) is 32.7 Å². The minimum absolute atomic E-state index is 0.154. The zero-order chi connectivity index (χ0) is 25.2. The number of carbonyl (C=O) groups is 2. The predicted molar refractivity (Wildman–Crippen MR) is 134 cm³/mol. The third-order valence-corrected chi connectivity index (χ3v) is 6.24. The predicted octanol–water partition coefficient (Wildman–Crippen LogP) is 5.01. The number of fused-ring (bicyclic) bond motifs is 1. The van der Waals surface area contributed by atoms with Crippen molar-refractivity contribution in [2.24, 2.45) is 0 Å². The van der Waals surface area contributed by atoms with Gasteiger partial charge in [-0.05, 0) is 57.0 Å². The van der Waals surface area contributed by atoms with Crippen molar-refractivity contribution in [3.05, 3.63) is 71.2 Å². The summed E-state index contributed by atoms with van der Waals surface area (Å²) in [6.45, 7) is 9.58. The van der Waals surface area contributed by atoms with Crippen LogP contribution in [-0.2, 0) is 4.74 Å². The molecule has 2 aromatic carbocycles. The molecule has 3 aromatic rings.